The van der Waals surface area contributed by atoms with Gasteiger partial charge in [0.1, 0.15) is 0 Å². The van der Waals surface area contributed by atoms with Crippen molar-refractivity contribution in [2.75, 3.05) is 13.1 Å². The fourth-order valence-corrected chi connectivity index (χ4v) is 4.36. The third-order valence-electron chi connectivity index (χ3n) is 5.44. The Morgan fingerprint density at radius 1 is 1.24 bits per heavy atom. The number of hydrogen-bond acceptors (Lipinski definition) is 6. The zero-order chi connectivity index (χ0) is 23.4. The van der Waals surface area contributed by atoms with Gasteiger partial charge in [0.15, 0.2) is 5.65 Å². The van der Waals surface area contributed by atoms with Crippen molar-refractivity contribution in [3.05, 3.63) is 59.9 Å². The van der Waals surface area contributed by atoms with Crippen molar-refractivity contribution in [3.8, 4) is 21.8 Å². The van der Waals surface area contributed by atoms with Gasteiger partial charge in [0.05, 0.1) is 34.1 Å². The van der Waals surface area contributed by atoms with Gasteiger partial charge in [-0.15, -0.1) is 11.3 Å². The second-order valence-electron chi connectivity index (χ2n) is 7.39. The fourth-order valence-electron chi connectivity index (χ4n) is 3.67. The van der Waals surface area contributed by atoms with E-state index in [2.05, 4.69) is 15.4 Å². The average molecular weight is 465 g/mol. The van der Waals surface area contributed by atoms with Crippen LogP contribution in [0.15, 0.2) is 54.3 Å². The lowest BCUT2D eigenvalue weighted by atomic mass is 10.1. The number of nitrogens with zero attached hydrogens (tertiary/aromatic N) is 5. The van der Waals surface area contributed by atoms with Crippen LogP contribution in [0.3, 0.4) is 0 Å². The Morgan fingerprint density at radius 2 is 2.09 bits per heavy atom. The monoisotopic (exact) mass is 464 g/mol. The van der Waals surface area contributed by atoms with Crippen LogP contribution in [-0.2, 0) is 0 Å². The molecule has 0 radical (unpaired) electrons. The molecular weight excluding hydrogens is 440 g/mol. The van der Waals surface area contributed by atoms with Gasteiger partial charge in [-0.2, -0.15) is 5.10 Å². The van der Waals surface area contributed by atoms with E-state index in [1.165, 1.54) is 4.90 Å². The second-order valence-corrected chi connectivity index (χ2v) is 8.33. The minimum absolute atomic E-state index is 0.232. The van der Waals surface area contributed by atoms with Gasteiger partial charge in [-0.25, -0.2) is 14.3 Å². The van der Waals surface area contributed by atoms with Crippen LogP contribution >= 0.6 is 11.3 Å². The number of thiophene rings is 1. The van der Waals surface area contributed by atoms with Gasteiger partial charge in [0.25, 0.3) is 5.91 Å². The smallest absolute Gasteiger partial charge is 0.407 e. The average Bonchev–Trinajstić information content (AvgIpc) is 3.51. The molecule has 33 heavy (non-hydrogen) atoms. The van der Waals surface area contributed by atoms with Crippen molar-refractivity contribution in [1.82, 2.24) is 29.8 Å². The maximum Gasteiger partial charge on any atom is 0.407 e. The molecule has 0 aliphatic rings. The molecule has 0 fully saturated rings. The van der Waals surface area contributed by atoms with Crippen LogP contribution in [0.5, 0.6) is 0 Å². The number of carbonyl (C=O) groups excluding carboxylic acids is 1. The SMILES string of the molecule is CCC(CNC(=O)c1ccnc(-c2cnn3ccc(-c4cccs4)nc23)c1)N(CC)C(=O)O. The van der Waals surface area contributed by atoms with Crippen LogP contribution in [0, 0.1) is 0 Å². The van der Waals surface area contributed by atoms with Gasteiger partial charge in [0, 0.05) is 31.0 Å². The van der Waals surface area contributed by atoms with Crippen molar-refractivity contribution in [3.63, 3.8) is 0 Å². The topological polar surface area (TPSA) is 113 Å². The van der Waals surface area contributed by atoms with E-state index >= 15 is 0 Å². The summed E-state index contributed by atoms with van der Waals surface area (Å²) < 4.78 is 1.68. The lowest BCUT2D eigenvalue weighted by Gasteiger charge is -2.27. The van der Waals surface area contributed by atoms with E-state index in [0.29, 0.717) is 29.9 Å². The molecule has 2 amide bonds. The fraction of sp³-hybridized carbons (Fsp3) is 0.261. The van der Waals surface area contributed by atoms with E-state index in [4.69, 9.17) is 4.98 Å². The highest BCUT2D eigenvalue weighted by molar-refractivity contribution is 7.13. The van der Waals surface area contributed by atoms with Crippen LogP contribution in [0.4, 0.5) is 4.79 Å². The summed E-state index contributed by atoms with van der Waals surface area (Å²) in [4.78, 5) is 35.8. The van der Waals surface area contributed by atoms with Gasteiger partial charge >= 0.3 is 6.09 Å². The molecule has 0 saturated heterocycles. The summed E-state index contributed by atoms with van der Waals surface area (Å²) in [6, 6.07) is 8.93. The Kier molecular flexibility index (Phi) is 6.64. The molecule has 1 atom stereocenters. The van der Waals surface area contributed by atoms with Crippen molar-refractivity contribution in [1.29, 1.82) is 0 Å². The van der Waals surface area contributed by atoms with E-state index in [1.54, 1.807) is 47.3 Å². The predicted octanol–water partition coefficient (Wildman–Crippen LogP) is 4.03. The minimum Gasteiger partial charge on any atom is -0.465 e. The Hall–Kier alpha value is -3.79. The summed E-state index contributed by atoms with van der Waals surface area (Å²) in [6.07, 6.45) is 4.72. The first-order valence-electron chi connectivity index (χ1n) is 10.6. The second kappa shape index (κ2) is 9.78. The molecule has 4 aromatic rings. The lowest BCUT2D eigenvalue weighted by molar-refractivity contribution is 0.0919. The number of amides is 2. The summed E-state index contributed by atoms with van der Waals surface area (Å²) >= 11 is 1.61. The third kappa shape index (κ3) is 4.70. The number of carbonyl (C=O) groups is 2. The first-order chi connectivity index (χ1) is 16.0. The van der Waals surface area contributed by atoms with E-state index in [1.807, 2.05) is 36.7 Å². The Labute approximate surface area is 194 Å². The van der Waals surface area contributed by atoms with Gasteiger partial charge in [-0.3, -0.25) is 9.78 Å². The molecule has 2 N–H and O–H groups in total. The van der Waals surface area contributed by atoms with Crippen LogP contribution in [0.25, 0.3) is 27.5 Å². The number of carboxylic acid groups (broad SMARTS) is 1. The third-order valence-corrected chi connectivity index (χ3v) is 6.33. The number of likely N-dealkylation sites (N-methyl/N-ethyl adjacent to an activating group) is 1. The molecule has 4 rings (SSSR count). The van der Waals surface area contributed by atoms with Crippen LogP contribution in [0.2, 0.25) is 0 Å². The van der Waals surface area contributed by atoms with Crippen LogP contribution in [-0.4, -0.2) is 60.7 Å². The summed E-state index contributed by atoms with van der Waals surface area (Å²) in [6.45, 7) is 4.27. The molecule has 0 bridgehead atoms. The summed E-state index contributed by atoms with van der Waals surface area (Å²) in [5, 5.41) is 18.6. The first-order valence-corrected chi connectivity index (χ1v) is 11.5. The molecule has 4 heterocycles. The molecule has 170 valence electrons. The molecule has 0 aliphatic heterocycles. The molecular formula is C23H24N6O3S. The minimum atomic E-state index is -0.993. The van der Waals surface area contributed by atoms with Crippen LogP contribution in [0.1, 0.15) is 30.6 Å². The zero-order valence-corrected chi connectivity index (χ0v) is 19.1. The highest BCUT2D eigenvalue weighted by Gasteiger charge is 2.21. The van der Waals surface area contributed by atoms with Gasteiger partial charge in [-0.1, -0.05) is 13.0 Å². The molecule has 1 unspecified atom stereocenters. The normalized spacial score (nSPS) is 11.9. The molecule has 10 heteroatoms. The van der Waals surface area contributed by atoms with Crippen molar-refractivity contribution in [2.45, 2.75) is 26.3 Å². The molecule has 4 aromatic heterocycles. The number of hydrogen-bond donors (Lipinski definition) is 2. The summed E-state index contributed by atoms with van der Waals surface area (Å²) in [5.74, 6) is -0.290. The van der Waals surface area contributed by atoms with E-state index < -0.39 is 6.09 Å². The zero-order valence-electron chi connectivity index (χ0n) is 18.3. The Bertz CT molecular complexity index is 1270. The number of fused-ring (bicyclic) bond motifs is 1. The van der Waals surface area contributed by atoms with E-state index in [-0.39, 0.29) is 18.5 Å². The van der Waals surface area contributed by atoms with Crippen molar-refractivity contribution < 1.29 is 14.7 Å². The number of rotatable bonds is 8. The Morgan fingerprint density at radius 3 is 2.79 bits per heavy atom. The maximum atomic E-state index is 12.8. The maximum absolute atomic E-state index is 12.8. The molecule has 0 spiro atoms. The molecule has 0 saturated carbocycles. The number of pyridine rings is 1. The highest BCUT2D eigenvalue weighted by atomic mass is 32.1. The highest BCUT2D eigenvalue weighted by Crippen LogP contribution is 2.27. The van der Waals surface area contributed by atoms with Gasteiger partial charge in [0.2, 0.25) is 0 Å². The lowest BCUT2D eigenvalue weighted by Crippen LogP contribution is -2.46. The number of aromatic nitrogens is 4. The quantitative estimate of drug-likeness (QED) is 0.407. The molecule has 0 aliphatic carbocycles. The predicted molar refractivity (Wildman–Crippen MR) is 126 cm³/mol. The van der Waals surface area contributed by atoms with Gasteiger partial charge in [-0.05, 0) is 43.0 Å². The van der Waals surface area contributed by atoms with E-state index in [9.17, 15) is 14.7 Å². The first kappa shape index (κ1) is 22.4. The van der Waals surface area contributed by atoms with Crippen molar-refractivity contribution in [2.24, 2.45) is 0 Å². The molecule has 0 aromatic carbocycles. The standard InChI is InChI=1S/C23H24N6O3S/c1-3-16(28(4-2)23(31)32)13-25-22(30)15-7-9-24-19(12-15)17-14-26-29-10-8-18(27-21(17)29)20-6-5-11-33-20/h5-12,14,16H,3-4,13H2,1-2H3,(H,25,30)(H,31,32). The van der Waals surface area contributed by atoms with Gasteiger partial charge < -0.3 is 15.3 Å². The molecule has 9 nitrogen and oxygen atoms in total. The largest absolute Gasteiger partial charge is 0.465 e. The van der Waals surface area contributed by atoms with Crippen LogP contribution < -0.4 is 5.32 Å². The summed E-state index contributed by atoms with van der Waals surface area (Å²) in [7, 11) is 0. The van der Waals surface area contributed by atoms with E-state index in [0.717, 1.165) is 16.1 Å². The Balaban J connectivity index is 1.57. The van der Waals surface area contributed by atoms with Crippen molar-refractivity contribution >= 4 is 29.0 Å². The number of nitrogens with one attached hydrogen (secondary N) is 1. The summed E-state index contributed by atoms with van der Waals surface area (Å²) in [5.41, 5.74) is 3.23.